The van der Waals surface area contributed by atoms with Crippen LogP contribution in [0.2, 0.25) is 0 Å². The van der Waals surface area contributed by atoms with Gasteiger partial charge in [0.1, 0.15) is 5.82 Å². The first-order valence-electron chi connectivity index (χ1n) is 9.17. The maximum Gasteiger partial charge on any atom is 0.332 e. The second kappa shape index (κ2) is 8.70. The molecule has 0 radical (unpaired) electrons. The van der Waals surface area contributed by atoms with Crippen molar-refractivity contribution in [2.24, 2.45) is 10.2 Å². The molecule has 1 aliphatic rings. The topological polar surface area (TPSA) is 114 Å². The summed E-state index contributed by atoms with van der Waals surface area (Å²) in [7, 11) is -3.50. The van der Waals surface area contributed by atoms with E-state index in [1.807, 2.05) is 0 Å². The number of nitrogens with one attached hydrogen (secondary N) is 1. The number of benzene rings is 2. The van der Waals surface area contributed by atoms with Gasteiger partial charge in [-0.25, -0.2) is 17.6 Å². The Hall–Kier alpha value is -3.14. The summed E-state index contributed by atoms with van der Waals surface area (Å²) in [5.41, 5.74) is 0.628. The first-order chi connectivity index (χ1) is 14.2. The zero-order valence-corrected chi connectivity index (χ0v) is 17.1. The Kier molecular flexibility index (Phi) is 6.25. The molecule has 0 bridgehead atoms. The smallest absolute Gasteiger partial charge is 0.332 e. The summed E-state index contributed by atoms with van der Waals surface area (Å²) in [6, 6.07) is 8.51. The number of anilines is 1. The van der Waals surface area contributed by atoms with Crippen molar-refractivity contribution in [3.8, 4) is 11.1 Å². The highest BCUT2D eigenvalue weighted by molar-refractivity contribution is 7.90. The molecule has 2 unspecified atom stereocenters. The van der Waals surface area contributed by atoms with Gasteiger partial charge in [-0.2, -0.15) is 10.2 Å². The lowest BCUT2D eigenvalue weighted by molar-refractivity contribution is -0.144. The molecular weight excluding hydrogens is 413 g/mol. The Morgan fingerprint density at radius 3 is 2.53 bits per heavy atom. The average Bonchev–Trinajstić information content (AvgIpc) is 3.19. The van der Waals surface area contributed by atoms with Gasteiger partial charge in [-0.3, -0.25) is 4.79 Å². The third kappa shape index (κ3) is 4.70. The number of carbonyl (C=O) groups excluding carboxylic acids is 2. The maximum atomic E-state index is 14.6. The highest BCUT2D eigenvalue weighted by Gasteiger charge is 2.33. The van der Waals surface area contributed by atoms with Crippen molar-refractivity contribution in [1.82, 2.24) is 0 Å². The molecule has 0 aliphatic carbocycles. The van der Waals surface area contributed by atoms with Gasteiger partial charge in [0.25, 0.3) is 5.91 Å². The molecule has 2 aromatic carbocycles. The number of ether oxygens (including phenoxy) is 1. The third-order valence-electron chi connectivity index (χ3n) is 4.48. The van der Waals surface area contributed by atoms with Gasteiger partial charge in [0, 0.05) is 18.2 Å². The van der Waals surface area contributed by atoms with E-state index in [0.29, 0.717) is 11.1 Å². The SMILES string of the molecule is CCOC(=O)C1CC(C(=O)Nc2ccc(-c3ccccc3S(C)(=O)=O)cc2F)N=N1. The number of halogens is 1. The first kappa shape index (κ1) is 21.6. The van der Waals surface area contributed by atoms with Crippen molar-refractivity contribution < 1.29 is 27.1 Å². The fourth-order valence-electron chi connectivity index (χ4n) is 3.04. The molecule has 1 amide bonds. The van der Waals surface area contributed by atoms with E-state index in [0.717, 1.165) is 12.3 Å². The Bertz CT molecular complexity index is 1120. The van der Waals surface area contributed by atoms with Gasteiger partial charge >= 0.3 is 5.97 Å². The molecule has 3 rings (SSSR count). The second-order valence-corrected chi connectivity index (χ2v) is 8.69. The molecule has 30 heavy (non-hydrogen) atoms. The Morgan fingerprint density at radius 2 is 1.87 bits per heavy atom. The minimum Gasteiger partial charge on any atom is -0.464 e. The summed E-state index contributed by atoms with van der Waals surface area (Å²) in [5, 5.41) is 9.95. The predicted octanol–water partition coefficient (Wildman–Crippen LogP) is 2.99. The molecular formula is C20H20FN3O5S. The van der Waals surface area contributed by atoms with Gasteiger partial charge in [-0.15, -0.1) is 0 Å². The van der Waals surface area contributed by atoms with E-state index in [9.17, 15) is 22.4 Å². The minimum atomic E-state index is -3.50. The van der Waals surface area contributed by atoms with E-state index in [1.54, 1.807) is 25.1 Å². The van der Waals surface area contributed by atoms with E-state index < -0.39 is 39.6 Å². The Morgan fingerprint density at radius 1 is 1.17 bits per heavy atom. The first-order valence-corrected chi connectivity index (χ1v) is 11.1. The molecule has 1 heterocycles. The number of nitrogens with zero attached hydrogens (tertiary/aromatic N) is 2. The van der Waals surface area contributed by atoms with Crippen molar-refractivity contribution >= 4 is 27.4 Å². The van der Waals surface area contributed by atoms with Crippen LogP contribution < -0.4 is 5.32 Å². The minimum absolute atomic E-state index is 0.0477. The quantitative estimate of drug-likeness (QED) is 0.704. The van der Waals surface area contributed by atoms with Crippen LogP contribution in [0, 0.1) is 5.82 Å². The Balaban J connectivity index is 1.76. The van der Waals surface area contributed by atoms with Crippen molar-refractivity contribution in [2.45, 2.75) is 30.3 Å². The van der Waals surface area contributed by atoms with Gasteiger partial charge in [-0.05, 0) is 30.7 Å². The molecule has 158 valence electrons. The van der Waals surface area contributed by atoms with E-state index in [1.165, 1.54) is 18.2 Å². The van der Waals surface area contributed by atoms with Crippen molar-refractivity contribution in [3.63, 3.8) is 0 Å². The largest absolute Gasteiger partial charge is 0.464 e. The zero-order valence-electron chi connectivity index (χ0n) is 16.3. The monoisotopic (exact) mass is 433 g/mol. The molecule has 2 atom stereocenters. The zero-order chi connectivity index (χ0) is 21.9. The number of sulfone groups is 1. The van der Waals surface area contributed by atoms with Gasteiger partial charge in [0.2, 0.25) is 0 Å². The molecule has 8 nitrogen and oxygen atoms in total. The molecule has 10 heteroatoms. The number of rotatable bonds is 6. The van der Waals surface area contributed by atoms with Gasteiger partial charge in [0.05, 0.1) is 17.2 Å². The van der Waals surface area contributed by atoms with Crippen LogP contribution in [0.3, 0.4) is 0 Å². The highest BCUT2D eigenvalue weighted by Crippen LogP contribution is 2.30. The summed E-state index contributed by atoms with van der Waals surface area (Å²) >= 11 is 0. The van der Waals surface area contributed by atoms with Crippen LogP contribution in [-0.2, 0) is 24.2 Å². The van der Waals surface area contributed by atoms with Crippen LogP contribution in [-0.4, -0.2) is 45.2 Å². The van der Waals surface area contributed by atoms with E-state index in [-0.39, 0.29) is 23.6 Å². The fraction of sp³-hybridized carbons (Fsp3) is 0.300. The van der Waals surface area contributed by atoms with Crippen LogP contribution in [0.25, 0.3) is 11.1 Å². The fourth-order valence-corrected chi connectivity index (χ4v) is 3.95. The Labute approximate surface area is 173 Å². The number of carbonyl (C=O) groups is 2. The summed E-state index contributed by atoms with van der Waals surface area (Å²) in [6.45, 7) is 1.86. The van der Waals surface area contributed by atoms with Gasteiger partial charge < -0.3 is 10.1 Å². The number of esters is 1. The van der Waals surface area contributed by atoms with Crippen LogP contribution in [0.4, 0.5) is 10.1 Å². The average molecular weight is 433 g/mol. The van der Waals surface area contributed by atoms with Crippen LogP contribution >= 0.6 is 0 Å². The summed E-state index contributed by atoms with van der Waals surface area (Å²) in [5.74, 6) is -1.90. The van der Waals surface area contributed by atoms with E-state index in [4.69, 9.17) is 4.74 Å². The van der Waals surface area contributed by atoms with Crippen molar-refractivity contribution in [2.75, 3.05) is 18.2 Å². The maximum absolute atomic E-state index is 14.6. The van der Waals surface area contributed by atoms with Crippen molar-refractivity contribution in [3.05, 3.63) is 48.3 Å². The molecule has 0 saturated heterocycles. The van der Waals surface area contributed by atoms with Crippen LogP contribution in [0.1, 0.15) is 13.3 Å². The summed E-state index contributed by atoms with van der Waals surface area (Å²) in [6.07, 6.45) is 1.13. The highest BCUT2D eigenvalue weighted by atomic mass is 32.2. The molecule has 0 spiro atoms. The van der Waals surface area contributed by atoms with Gasteiger partial charge in [0.15, 0.2) is 21.9 Å². The van der Waals surface area contributed by atoms with Crippen molar-refractivity contribution in [1.29, 1.82) is 0 Å². The predicted molar refractivity (Wildman–Crippen MR) is 107 cm³/mol. The normalized spacial score (nSPS) is 18.2. The molecule has 1 N–H and O–H groups in total. The molecule has 0 aromatic heterocycles. The lowest BCUT2D eigenvalue weighted by Gasteiger charge is -2.12. The standard InChI is InChI=1S/C20H20FN3O5S/c1-3-29-20(26)17-11-16(23-24-17)19(25)22-15-9-8-12(10-14(15)21)13-6-4-5-7-18(13)30(2,27)28/h4-10,16-17H,3,11H2,1-2H3,(H,22,25). The van der Waals surface area contributed by atoms with Crippen LogP contribution in [0.15, 0.2) is 57.6 Å². The van der Waals surface area contributed by atoms with Gasteiger partial charge in [-0.1, -0.05) is 24.3 Å². The number of hydrogen-bond donors (Lipinski definition) is 1. The molecule has 0 fully saturated rings. The molecule has 1 aliphatic heterocycles. The van der Waals surface area contributed by atoms with E-state index in [2.05, 4.69) is 15.5 Å². The molecule has 0 saturated carbocycles. The summed E-state index contributed by atoms with van der Waals surface area (Å²) < 4.78 is 43.4. The lowest BCUT2D eigenvalue weighted by atomic mass is 10.0. The molecule has 2 aromatic rings. The summed E-state index contributed by atoms with van der Waals surface area (Å²) in [4.78, 5) is 24.1. The number of hydrogen-bond acceptors (Lipinski definition) is 7. The van der Waals surface area contributed by atoms with E-state index >= 15 is 0 Å². The number of amides is 1. The lowest BCUT2D eigenvalue weighted by Crippen LogP contribution is -2.29. The second-order valence-electron chi connectivity index (χ2n) is 6.70. The number of azo groups is 1. The third-order valence-corrected chi connectivity index (χ3v) is 5.63. The van der Waals surface area contributed by atoms with Crippen LogP contribution in [0.5, 0.6) is 0 Å².